The molecule has 7 nitrogen and oxygen atoms in total. The summed E-state index contributed by atoms with van der Waals surface area (Å²) in [5.74, 6) is -1.73. The van der Waals surface area contributed by atoms with Gasteiger partial charge in [-0.05, 0) is 12.1 Å². The first-order valence-corrected chi connectivity index (χ1v) is 7.22. The van der Waals surface area contributed by atoms with E-state index in [0.29, 0.717) is 5.69 Å². The van der Waals surface area contributed by atoms with Gasteiger partial charge in [0.1, 0.15) is 12.7 Å². The third kappa shape index (κ3) is 4.18. The number of rotatable bonds is 5. The molecular weight excluding hydrogens is 305 g/mol. The summed E-state index contributed by atoms with van der Waals surface area (Å²) < 4.78 is 12.5. The van der Waals surface area contributed by atoms with E-state index in [1.807, 2.05) is 0 Å². The van der Waals surface area contributed by atoms with Crippen LogP contribution in [0.1, 0.15) is 6.42 Å². The summed E-state index contributed by atoms with van der Waals surface area (Å²) >= 11 is 0. The molecular formula is C15H18FN3O4. The number of anilines is 1. The molecule has 23 heavy (non-hydrogen) atoms. The molecule has 1 aliphatic rings. The van der Waals surface area contributed by atoms with Gasteiger partial charge in [0.2, 0.25) is 5.91 Å². The minimum absolute atomic E-state index is 0.0942. The van der Waals surface area contributed by atoms with Crippen LogP contribution in [-0.2, 0) is 9.59 Å². The second-order valence-electron chi connectivity index (χ2n) is 5.12. The molecule has 3 amide bonds. The maximum absolute atomic E-state index is 12.5. The summed E-state index contributed by atoms with van der Waals surface area (Å²) in [6, 6.07) is 6.98. The Hall–Kier alpha value is -2.64. The van der Waals surface area contributed by atoms with Crippen LogP contribution in [-0.4, -0.2) is 65.2 Å². The maximum Gasteiger partial charge on any atom is 0.322 e. The molecule has 1 atom stereocenters. The number of aliphatic carboxylic acids is 1. The molecule has 1 heterocycles. The highest BCUT2D eigenvalue weighted by Crippen LogP contribution is 2.17. The van der Waals surface area contributed by atoms with Crippen LogP contribution in [0.3, 0.4) is 0 Å². The van der Waals surface area contributed by atoms with Gasteiger partial charge >= 0.3 is 12.0 Å². The van der Waals surface area contributed by atoms with E-state index in [0.717, 1.165) is 0 Å². The Balaban J connectivity index is 2.13. The molecule has 2 rings (SSSR count). The Kier molecular flexibility index (Phi) is 5.51. The molecule has 1 aromatic carbocycles. The van der Waals surface area contributed by atoms with E-state index >= 15 is 0 Å². The number of piperazine rings is 1. The highest BCUT2D eigenvalue weighted by molar-refractivity contribution is 5.96. The van der Waals surface area contributed by atoms with Gasteiger partial charge in [0.15, 0.2) is 0 Å². The van der Waals surface area contributed by atoms with Crippen molar-refractivity contribution in [1.82, 2.24) is 9.80 Å². The molecule has 1 aromatic rings. The van der Waals surface area contributed by atoms with Crippen molar-refractivity contribution in [2.45, 2.75) is 12.5 Å². The summed E-state index contributed by atoms with van der Waals surface area (Å²) in [4.78, 5) is 38.1. The number of halogens is 1. The number of carbonyl (C=O) groups is 3. The van der Waals surface area contributed by atoms with Crippen LogP contribution in [0.25, 0.3) is 0 Å². The molecule has 0 saturated carbocycles. The number of carboxylic acids is 1. The van der Waals surface area contributed by atoms with Gasteiger partial charge in [-0.2, -0.15) is 0 Å². The third-order valence-corrected chi connectivity index (χ3v) is 3.59. The number of nitrogens with one attached hydrogen (secondary N) is 1. The molecule has 1 unspecified atom stereocenters. The summed E-state index contributed by atoms with van der Waals surface area (Å²) in [5.41, 5.74) is 0.546. The van der Waals surface area contributed by atoms with Crippen LogP contribution in [0.5, 0.6) is 0 Å². The van der Waals surface area contributed by atoms with E-state index in [2.05, 4.69) is 5.32 Å². The third-order valence-electron chi connectivity index (χ3n) is 3.59. The number of carboxylic acid groups (broad SMARTS) is 1. The van der Waals surface area contributed by atoms with Crippen LogP contribution in [0.2, 0.25) is 0 Å². The number of alkyl halides is 1. The molecule has 0 radical (unpaired) electrons. The Bertz CT molecular complexity index is 581. The van der Waals surface area contributed by atoms with E-state index in [9.17, 15) is 18.8 Å². The number of nitrogens with zero attached hydrogens (tertiary/aromatic N) is 2. The molecule has 8 heteroatoms. The van der Waals surface area contributed by atoms with E-state index in [-0.39, 0.29) is 19.6 Å². The smallest absolute Gasteiger partial charge is 0.322 e. The number of benzene rings is 1. The van der Waals surface area contributed by atoms with Crippen LogP contribution in [0, 0.1) is 0 Å². The number of hydrogen-bond acceptors (Lipinski definition) is 3. The van der Waals surface area contributed by atoms with Crippen molar-refractivity contribution in [2.24, 2.45) is 0 Å². The fourth-order valence-electron chi connectivity index (χ4n) is 2.49. The minimum atomic E-state index is -1.19. The molecule has 0 aliphatic carbocycles. The largest absolute Gasteiger partial charge is 0.481 e. The first-order valence-electron chi connectivity index (χ1n) is 7.22. The second-order valence-corrected chi connectivity index (χ2v) is 5.12. The number of urea groups is 1. The number of amides is 3. The van der Waals surface area contributed by atoms with Gasteiger partial charge in [0.05, 0.1) is 6.42 Å². The lowest BCUT2D eigenvalue weighted by atomic mass is 10.1. The average molecular weight is 323 g/mol. The summed E-state index contributed by atoms with van der Waals surface area (Å²) in [7, 11) is 0. The van der Waals surface area contributed by atoms with Gasteiger partial charge in [-0.25, -0.2) is 9.18 Å². The number of hydrogen-bond donors (Lipinski definition) is 2. The SMILES string of the molecule is O=C(O)CC1C(=O)N(CCF)CCN1C(=O)Nc1ccccc1. The maximum atomic E-state index is 12.5. The van der Waals surface area contributed by atoms with Crippen molar-refractivity contribution in [2.75, 3.05) is 31.6 Å². The molecule has 0 bridgehead atoms. The number of carbonyl (C=O) groups excluding carboxylic acids is 2. The van der Waals surface area contributed by atoms with Gasteiger partial charge < -0.3 is 20.2 Å². The first-order chi connectivity index (χ1) is 11.0. The van der Waals surface area contributed by atoms with Crippen molar-refractivity contribution in [3.05, 3.63) is 30.3 Å². The van der Waals surface area contributed by atoms with Crippen molar-refractivity contribution in [3.63, 3.8) is 0 Å². The predicted octanol–water partition coefficient (Wildman–Crippen LogP) is 1.18. The highest BCUT2D eigenvalue weighted by Gasteiger charge is 2.38. The molecule has 0 spiro atoms. The molecule has 124 valence electrons. The van der Waals surface area contributed by atoms with Crippen LogP contribution < -0.4 is 5.32 Å². The Morgan fingerprint density at radius 3 is 2.57 bits per heavy atom. The summed E-state index contributed by atoms with van der Waals surface area (Å²) in [6.45, 7) is -0.464. The van der Waals surface area contributed by atoms with Crippen molar-refractivity contribution in [3.8, 4) is 0 Å². The van der Waals surface area contributed by atoms with E-state index in [4.69, 9.17) is 5.11 Å². The minimum Gasteiger partial charge on any atom is -0.481 e. The zero-order chi connectivity index (χ0) is 16.8. The monoisotopic (exact) mass is 323 g/mol. The van der Waals surface area contributed by atoms with Gasteiger partial charge in [-0.15, -0.1) is 0 Å². The van der Waals surface area contributed by atoms with Crippen molar-refractivity contribution >= 4 is 23.6 Å². The highest BCUT2D eigenvalue weighted by atomic mass is 19.1. The lowest BCUT2D eigenvalue weighted by molar-refractivity contribution is -0.147. The average Bonchev–Trinajstić information content (AvgIpc) is 2.52. The molecule has 1 fully saturated rings. The van der Waals surface area contributed by atoms with Gasteiger partial charge in [0.25, 0.3) is 0 Å². The van der Waals surface area contributed by atoms with Crippen LogP contribution >= 0.6 is 0 Å². The van der Waals surface area contributed by atoms with Crippen LogP contribution in [0.4, 0.5) is 14.9 Å². The van der Waals surface area contributed by atoms with Gasteiger partial charge in [-0.1, -0.05) is 18.2 Å². The van der Waals surface area contributed by atoms with Gasteiger partial charge in [0, 0.05) is 25.3 Å². The number of para-hydroxylation sites is 1. The van der Waals surface area contributed by atoms with Crippen molar-refractivity contribution < 1.29 is 23.9 Å². The lowest BCUT2D eigenvalue weighted by Gasteiger charge is -2.39. The molecule has 2 N–H and O–H groups in total. The summed E-state index contributed by atoms with van der Waals surface area (Å²) in [6.07, 6.45) is -0.510. The zero-order valence-corrected chi connectivity index (χ0v) is 12.4. The topological polar surface area (TPSA) is 90.0 Å². The second kappa shape index (κ2) is 7.57. The van der Waals surface area contributed by atoms with E-state index in [1.54, 1.807) is 30.3 Å². The van der Waals surface area contributed by atoms with Gasteiger partial charge in [-0.3, -0.25) is 9.59 Å². The molecule has 0 aromatic heterocycles. The quantitative estimate of drug-likeness (QED) is 0.851. The molecule has 1 aliphatic heterocycles. The fraction of sp³-hybridized carbons (Fsp3) is 0.400. The predicted molar refractivity (Wildman–Crippen MR) is 80.8 cm³/mol. The lowest BCUT2D eigenvalue weighted by Crippen LogP contribution is -2.60. The Labute approximate surface area is 132 Å². The normalized spacial score (nSPS) is 18.0. The van der Waals surface area contributed by atoms with Crippen molar-refractivity contribution in [1.29, 1.82) is 0 Å². The van der Waals surface area contributed by atoms with E-state index in [1.165, 1.54) is 9.80 Å². The van der Waals surface area contributed by atoms with E-state index < -0.39 is 37.0 Å². The fourth-order valence-corrected chi connectivity index (χ4v) is 2.49. The van der Waals surface area contributed by atoms with Crippen LogP contribution in [0.15, 0.2) is 30.3 Å². The Morgan fingerprint density at radius 2 is 1.96 bits per heavy atom. The molecule has 1 saturated heterocycles. The first kappa shape index (κ1) is 16.7. The zero-order valence-electron chi connectivity index (χ0n) is 12.4. The summed E-state index contributed by atoms with van der Waals surface area (Å²) in [5, 5.41) is 11.6. The Morgan fingerprint density at radius 1 is 1.26 bits per heavy atom. The standard InChI is InChI=1S/C15H18FN3O4/c16-6-7-18-8-9-19(12(14(18)22)10-13(20)21)15(23)17-11-4-2-1-3-5-11/h1-5,12H,6-10H2,(H,17,23)(H,20,21).